The number of nitrogens with two attached hydrogens (primary N) is 1. The van der Waals surface area contributed by atoms with Crippen molar-refractivity contribution in [3.63, 3.8) is 0 Å². The van der Waals surface area contributed by atoms with Crippen LogP contribution in [0.2, 0.25) is 0 Å². The van der Waals surface area contributed by atoms with E-state index in [1.165, 1.54) is 95.2 Å². The van der Waals surface area contributed by atoms with Gasteiger partial charge >= 0.3 is 6.09 Å². The molecule has 0 aromatic carbocycles. The van der Waals surface area contributed by atoms with E-state index in [0.717, 1.165) is 13.0 Å². The molecular weight excluding hydrogens is 298 g/mol. The van der Waals surface area contributed by atoms with Gasteiger partial charge in [0.2, 0.25) is 0 Å². The van der Waals surface area contributed by atoms with Crippen LogP contribution < -0.4 is 17.7 Å². The summed E-state index contributed by atoms with van der Waals surface area (Å²) in [4.78, 5) is 10.3. The molecule has 0 spiro atoms. The van der Waals surface area contributed by atoms with Crippen molar-refractivity contribution in [1.82, 2.24) is 0 Å². The van der Waals surface area contributed by atoms with Crippen LogP contribution in [0, 0.1) is 0 Å². The lowest BCUT2D eigenvalue weighted by Gasteiger charge is -2.03. The smallest absolute Gasteiger partial charge is 0.510 e. The van der Waals surface area contributed by atoms with Crippen LogP contribution in [0.1, 0.15) is 103 Å². The van der Waals surface area contributed by atoms with E-state index < -0.39 is 6.09 Å². The summed E-state index contributed by atoms with van der Waals surface area (Å²) in [6.07, 6.45) is 19.5. The fourth-order valence-corrected chi connectivity index (χ4v) is 2.74. The summed E-state index contributed by atoms with van der Waals surface area (Å²) < 4.78 is 0. The van der Waals surface area contributed by atoms with Gasteiger partial charge in [-0.25, -0.2) is 5.32 Å². The van der Waals surface area contributed by atoms with E-state index >= 15 is 0 Å². The first-order chi connectivity index (χ1) is 10.3. The van der Waals surface area contributed by atoms with Crippen molar-refractivity contribution in [3.8, 4) is 0 Å². The standard InChI is InChI=1S/C18H37NO2.ClH/c1-2-3-4-5-6-7-8-9-10-11-12-13-14-15-16-17-19-18(20)21;/h19H,2-17H2,1H3,(H,20,21);1H. The highest BCUT2D eigenvalue weighted by Crippen LogP contribution is 2.13. The second kappa shape index (κ2) is 20.7. The molecule has 0 radical (unpaired) electrons. The van der Waals surface area contributed by atoms with Gasteiger partial charge in [0.1, 0.15) is 0 Å². The summed E-state index contributed by atoms with van der Waals surface area (Å²) in [5.41, 5.74) is 0. The van der Waals surface area contributed by atoms with Crippen LogP contribution in [0.4, 0.5) is 4.79 Å². The molecule has 0 heterocycles. The highest BCUT2D eigenvalue weighted by Gasteiger charge is 1.99. The third kappa shape index (κ3) is 22.0. The van der Waals surface area contributed by atoms with Gasteiger partial charge < -0.3 is 17.5 Å². The second-order valence-electron chi connectivity index (χ2n) is 6.28. The quantitative estimate of drug-likeness (QED) is 0.424. The molecule has 0 saturated carbocycles. The van der Waals surface area contributed by atoms with Gasteiger partial charge in [0.15, 0.2) is 0 Å². The first-order valence-corrected chi connectivity index (χ1v) is 9.33. The van der Waals surface area contributed by atoms with Crippen LogP contribution in [0.25, 0.3) is 0 Å². The maximum Gasteiger partial charge on any atom is 0.510 e. The average Bonchev–Trinajstić information content (AvgIpc) is 2.46. The maximum absolute atomic E-state index is 10.3. The van der Waals surface area contributed by atoms with Crippen molar-refractivity contribution in [2.45, 2.75) is 103 Å². The predicted octanol–water partition coefficient (Wildman–Crippen LogP) is 2.10. The molecule has 0 aliphatic heterocycles. The lowest BCUT2D eigenvalue weighted by atomic mass is 10.0. The third-order valence-corrected chi connectivity index (χ3v) is 4.13. The van der Waals surface area contributed by atoms with E-state index in [1.54, 1.807) is 0 Å². The molecule has 22 heavy (non-hydrogen) atoms. The molecule has 3 N–H and O–H groups in total. The number of hydrogen-bond acceptors (Lipinski definition) is 1. The number of halogens is 1. The lowest BCUT2D eigenvalue weighted by molar-refractivity contribution is -0.569. The number of carboxylic acid groups (broad SMARTS) is 1. The number of primary amides is 1. The molecular formula is C18H38ClNO2. The fourth-order valence-electron chi connectivity index (χ4n) is 2.74. The van der Waals surface area contributed by atoms with Gasteiger partial charge in [0.05, 0.1) is 6.54 Å². The summed E-state index contributed by atoms with van der Waals surface area (Å²) in [6, 6.07) is 0. The van der Waals surface area contributed by atoms with Gasteiger partial charge in [-0.15, -0.1) is 0 Å². The Labute approximate surface area is 144 Å². The molecule has 0 fully saturated rings. The minimum absolute atomic E-state index is 0. The van der Waals surface area contributed by atoms with E-state index in [1.807, 2.05) is 0 Å². The minimum Gasteiger partial charge on any atom is -1.00 e. The average molecular weight is 336 g/mol. The van der Waals surface area contributed by atoms with E-state index in [4.69, 9.17) is 5.11 Å². The number of amides is 1. The third-order valence-electron chi connectivity index (χ3n) is 4.13. The normalized spacial score (nSPS) is 10.4. The van der Waals surface area contributed by atoms with Crippen LogP contribution >= 0.6 is 0 Å². The summed E-state index contributed by atoms with van der Waals surface area (Å²) in [5, 5.41) is 9.85. The molecule has 0 bridgehead atoms. The Hall–Kier alpha value is -0.280. The SMILES string of the molecule is CCCCCCCCCCCCCCCCC[NH2+]C(=O)O.[Cl-]. The van der Waals surface area contributed by atoms with Crippen molar-refractivity contribution in [3.05, 3.63) is 0 Å². The molecule has 0 atom stereocenters. The summed E-state index contributed by atoms with van der Waals surface area (Å²) in [7, 11) is 0. The molecule has 0 aliphatic carbocycles. The zero-order chi connectivity index (χ0) is 15.6. The van der Waals surface area contributed by atoms with Crippen molar-refractivity contribution in [2.75, 3.05) is 6.54 Å². The van der Waals surface area contributed by atoms with E-state index in [-0.39, 0.29) is 12.4 Å². The monoisotopic (exact) mass is 335 g/mol. The zero-order valence-electron chi connectivity index (χ0n) is 14.6. The van der Waals surface area contributed by atoms with E-state index in [2.05, 4.69) is 6.92 Å². The topological polar surface area (TPSA) is 53.9 Å². The first-order valence-electron chi connectivity index (χ1n) is 9.33. The molecule has 3 nitrogen and oxygen atoms in total. The van der Waals surface area contributed by atoms with Crippen LogP contribution in [-0.4, -0.2) is 17.7 Å². The van der Waals surface area contributed by atoms with E-state index in [9.17, 15) is 4.79 Å². The summed E-state index contributed by atoms with van der Waals surface area (Å²) in [6.45, 7) is 3.00. The lowest BCUT2D eigenvalue weighted by Crippen LogP contribution is -3.00. The molecule has 0 saturated heterocycles. The van der Waals surface area contributed by atoms with Gasteiger partial charge in [0.25, 0.3) is 0 Å². The summed E-state index contributed by atoms with van der Waals surface area (Å²) in [5.74, 6) is 0. The number of rotatable bonds is 16. The Morgan fingerprint density at radius 2 is 1.00 bits per heavy atom. The summed E-state index contributed by atoms with van der Waals surface area (Å²) >= 11 is 0. The molecule has 1 amide bonds. The Bertz CT molecular complexity index is 225. The van der Waals surface area contributed by atoms with Gasteiger partial charge in [-0.05, 0) is 12.8 Å². The fraction of sp³-hybridized carbons (Fsp3) is 0.944. The molecule has 0 rings (SSSR count). The molecule has 0 aromatic rings. The largest absolute Gasteiger partial charge is 1.00 e. The van der Waals surface area contributed by atoms with Crippen LogP contribution in [-0.2, 0) is 0 Å². The maximum atomic E-state index is 10.3. The van der Waals surface area contributed by atoms with Crippen molar-refractivity contribution >= 4 is 6.09 Å². The highest BCUT2D eigenvalue weighted by molar-refractivity contribution is 5.51. The van der Waals surface area contributed by atoms with Crippen LogP contribution in [0.15, 0.2) is 0 Å². The number of quaternary nitrogens is 1. The van der Waals surface area contributed by atoms with Crippen molar-refractivity contribution in [1.29, 1.82) is 0 Å². The van der Waals surface area contributed by atoms with Crippen LogP contribution in [0.3, 0.4) is 0 Å². The van der Waals surface area contributed by atoms with Crippen molar-refractivity contribution < 1.29 is 27.6 Å². The molecule has 0 unspecified atom stereocenters. The Kier molecular flexibility index (Phi) is 22.6. The Morgan fingerprint density at radius 1 is 0.682 bits per heavy atom. The number of hydrogen-bond donors (Lipinski definition) is 2. The Balaban J connectivity index is 0. The number of carbonyl (C=O) groups is 1. The van der Waals surface area contributed by atoms with Crippen molar-refractivity contribution in [2.24, 2.45) is 0 Å². The number of unbranched alkanes of at least 4 members (excludes halogenated alkanes) is 14. The van der Waals surface area contributed by atoms with Gasteiger partial charge in [-0.1, -0.05) is 90.4 Å². The molecule has 0 aromatic heterocycles. The zero-order valence-corrected chi connectivity index (χ0v) is 15.4. The minimum atomic E-state index is -0.777. The van der Waals surface area contributed by atoms with Crippen LogP contribution in [0.5, 0.6) is 0 Å². The first kappa shape index (κ1) is 24.0. The highest BCUT2D eigenvalue weighted by atomic mass is 35.5. The Morgan fingerprint density at radius 3 is 1.32 bits per heavy atom. The van der Waals surface area contributed by atoms with Gasteiger partial charge in [-0.2, -0.15) is 4.79 Å². The molecule has 4 heteroatoms. The molecule has 134 valence electrons. The molecule has 0 aliphatic rings. The predicted molar refractivity (Wildman–Crippen MR) is 89.7 cm³/mol. The van der Waals surface area contributed by atoms with E-state index in [0.29, 0.717) is 0 Å². The second-order valence-corrected chi connectivity index (χ2v) is 6.28. The van der Waals surface area contributed by atoms with Gasteiger partial charge in [-0.3, -0.25) is 0 Å². The van der Waals surface area contributed by atoms with Gasteiger partial charge in [0, 0.05) is 0 Å².